The number of hydrogen-bond acceptors (Lipinski definition) is 4. The molecule has 0 amide bonds. The Morgan fingerprint density at radius 3 is 2.84 bits per heavy atom. The Kier molecular flexibility index (Phi) is 4.63. The Bertz CT molecular complexity index is 435. The van der Waals surface area contributed by atoms with E-state index < -0.39 is 5.97 Å². The minimum atomic E-state index is -0.774. The number of carbonyl (C=O) groups is 1. The maximum absolute atomic E-state index is 10.6. The number of aliphatic carboxylic acids is 1. The first-order chi connectivity index (χ1) is 9.19. The van der Waals surface area contributed by atoms with Crippen molar-refractivity contribution in [2.24, 2.45) is 0 Å². The van der Waals surface area contributed by atoms with Gasteiger partial charge in [-0.3, -0.25) is 9.69 Å². The van der Waals surface area contributed by atoms with Crippen LogP contribution in [0.2, 0.25) is 0 Å². The summed E-state index contributed by atoms with van der Waals surface area (Å²) >= 11 is 0. The third-order valence-electron chi connectivity index (χ3n) is 3.12. The molecule has 1 aliphatic heterocycles. The lowest BCUT2D eigenvalue weighted by atomic mass is 10.2. The van der Waals surface area contributed by atoms with E-state index in [1.165, 1.54) is 0 Å². The number of likely N-dealkylation sites (N-methyl/N-ethyl adjacent to an activating group) is 1. The molecule has 1 aliphatic rings. The van der Waals surface area contributed by atoms with Gasteiger partial charge in [-0.1, -0.05) is 19.1 Å². The van der Waals surface area contributed by atoms with Crippen LogP contribution in [-0.2, 0) is 4.79 Å². The second-order valence-electron chi connectivity index (χ2n) is 4.53. The Balaban J connectivity index is 1.88. The average Bonchev–Trinajstić information content (AvgIpc) is 2.43. The second kappa shape index (κ2) is 6.43. The van der Waals surface area contributed by atoms with Crippen LogP contribution in [0.3, 0.4) is 0 Å². The molecule has 0 saturated heterocycles. The molecule has 0 bridgehead atoms. The number of carboxylic acid groups (broad SMARTS) is 1. The molecule has 0 saturated carbocycles. The van der Waals surface area contributed by atoms with Gasteiger partial charge in [0, 0.05) is 13.1 Å². The lowest BCUT2D eigenvalue weighted by molar-refractivity contribution is -0.137. The van der Waals surface area contributed by atoms with E-state index in [1.54, 1.807) is 0 Å². The summed E-state index contributed by atoms with van der Waals surface area (Å²) in [4.78, 5) is 12.7. The van der Waals surface area contributed by atoms with Gasteiger partial charge in [0.25, 0.3) is 0 Å². The number of benzene rings is 1. The summed E-state index contributed by atoms with van der Waals surface area (Å²) in [6.45, 7) is 4.53. The monoisotopic (exact) mass is 265 g/mol. The molecule has 1 aromatic rings. The summed E-state index contributed by atoms with van der Waals surface area (Å²) in [5, 5.41) is 8.71. The molecular weight excluding hydrogens is 246 g/mol. The molecule has 0 fully saturated rings. The zero-order valence-corrected chi connectivity index (χ0v) is 11.0. The number of para-hydroxylation sites is 2. The van der Waals surface area contributed by atoms with Crippen molar-refractivity contribution in [3.8, 4) is 11.5 Å². The summed E-state index contributed by atoms with van der Waals surface area (Å²) in [5.74, 6) is 0.755. The zero-order chi connectivity index (χ0) is 13.7. The highest BCUT2D eigenvalue weighted by Crippen LogP contribution is 2.30. The third-order valence-corrected chi connectivity index (χ3v) is 3.12. The van der Waals surface area contributed by atoms with Crippen LogP contribution < -0.4 is 9.47 Å². The minimum Gasteiger partial charge on any atom is -0.486 e. The Labute approximate surface area is 112 Å². The van der Waals surface area contributed by atoms with Gasteiger partial charge in [-0.05, 0) is 18.7 Å². The summed E-state index contributed by atoms with van der Waals surface area (Å²) < 4.78 is 11.5. The van der Waals surface area contributed by atoms with E-state index in [-0.39, 0.29) is 12.5 Å². The molecule has 0 aliphatic carbocycles. The van der Waals surface area contributed by atoms with Crippen molar-refractivity contribution in [2.75, 3.05) is 26.2 Å². The van der Waals surface area contributed by atoms with Gasteiger partial charge in [-0.25, -0.2) is 0 Å². The summed E-state index contributed by atoms with van der Waals surface area (Å²) in [5.41, 5.74) is 0. The maximum atomic E-state index is 10.6. The lowest BCUT2D eigenvalue weighted by Gasteiger charge is -2.30. The minimum absolute atomic E-state index is 0.0522. The van der Waals surface area contributed by atoms with E-state index in [2.05, 4.69) is 4.90 Å². The van der Waals surface area contributed by atoms with Crippen LogP contribution in [0.25, 0.3) is 0 Å². The van der Waals surface area contributed by atoms with E-state index >= 15 is 0 Å². The molecule has 1 unspecified atom stereocenters. The molecule has 0 radical (unpaired) electrons. The molecule has 2 rings (SSSR count). The Morgan fingerprint density at radius 1 is 1.42 bits per heavy atom. The molecular formula is C14H19NO4. The molecule has 1 aromatic carbocycles. The molecule has 1 heterocycles. The highest BCUT2D eigenvalue weighted by atomic mass is 16.6. The van der Waals surface area contributed by atoms with Gasteiger partial charge in [0.05, 0.1) is 6.42 Å². The van der Waals surface area contributed by atoms with Crippen LogP contribution in [0.15, 0.2) is 24.3 Å². The molecule has 5 heteroatoms. The third kappa shape index (κ3) is 3.86. The van der Waals surface area contributed by atoms with Gasteiger partial charge < -0.3 is 14.6 Å². The van der Waals surface area contributed by atoms with E-state index in [0.29, 0.717) is 19.7 Å². The van der Waals surface area contributed by atoms with Crippen molar-refractivity contribution in [1.29, 1.82) is 0 Å². The number of fused-ring (bicyclic) bond motifs is 1. The van der Waals surface area contributed by atoms with E-state index in [1.807, 2.05) is 31.2 Å². The van der Waals surface area contributed by atoms with Crippen LogP contribution in [0, 0.1) is 0 Å². The van der Waals surface area contributed by atoms with Crippen molar-refractivity contribution < 1.29 is 19.4 Å². The van der Waals surface area contributed by atoms with Crippen molar-refractivity contribution in [3.63, 3.8) is 0 Å². The van der Waals surface area contributed by atoms with Crippen LogP contribution in [-0.4, -0.2) is 48.3 Å². The van der Waals surface area contributed by atoms with Gasteiger partial charge in [0.15, 0.2) is 11.5 Å². The summed E-state index contributed by atoms with van der Waals surface area (Å²) in [6.07, 6.45) is 0.0986. The predicted molar refractivity (Wildman–Crippen MR) is 70.7 cm³/mol. The van der Waals surface area contributed by atoms with Crippen LogP contribution in [0.1, 0.15) is 13.3 Å². The predicted octanol–water partition coefficient (Wildman–Crippen LogP) is 1.62. The van der Waals surface area contributed by atoms with Gasteiger partial charge in [0.1, 0.15) is 12.7 Å². The highest BCUT2D eigenvalue weighted by molar-refractivity contribution is 5.66. The topological polar surface area (TPSA) is 59.0 Å². The number of ether oxygens (including phenoxy) is 2. The molecule has 1 atom stereocenters. The van der Waals surface area contributed by atoms with Crippen molar-refractivity contribution >= 4 is 5.97 Å². The largest absolute Gasteiger partial charge is 0.486 e. The fraction of sp³-hybridized carbons (Fsp3) is 0.500. The Hall–Kier alpha value is -1.75. The lowest BCUT2D eigenvalue weighted by Crippen LogP contribution is -2.41. The number of carboxylic acids is 1. The van der Waals surface area contributed by atoms with Crippen molar-refractivity contribution in [2.45, 2.75) is 19.4 Å². The number of nitrogens with zero attached hydrogens (tertiary/aromatic N) is 1. The molecule has 0 spiro atoms. The van der Waals surface area contributed by atoms with Crippen molar-refractivity contribution in [3.05, 3.63) is 24.3 Å². The standard InChI is InChI=1S/C14H19NO4/c1-2-15(8-7-14(16)17)9-11-10-18-12-5-3-4-6-13(12)19-11/h3-6,11H,2,7-10H2,1H3,(H,16,17). The molecule has 5 nitrogen and oxygen atoms in total. The van der Waals surface area contributed by atoms with Gasteiger partial charge >= 0.3 is 5.97 Å². The van der Waals surface area contributed by atoms with Gasteiger partial charge in [-0.15, -0.1) is 0 Å². The van der Waals surface area contributed by atoms with Crippen LogP contribution in [0.4, 0.5) is 0 Å². The first-order valence-corrected chi connectivity index (χ1v) is 6.51. The maximum Gasteiger partial charge on any atom is 0.304 e. The van der Waals surface area contributed by atoms with E-state index in [0.717, 1.165) is 18.0 Å². The summed E-state index contributed by atoms with van der Waals surface area (Å²) in [6, 6.07) is 7.59. The summed E-state index contributed by atoms with van der Waals surface area (Å²) in [7, 11) is 0. The molecule has 104 valence electrons. The number of rotatable bonds is 6. The fourth-order valence-corrected chi connectivity index (χ4v) is 2.07. The average molecular weight is 265 g/mol. The fourth-order valence-electron chi connectivity index (χ4n) is 2.07. The Morgan fingerprint density at radius 2 is 2.16 bits per heavy atom. The van der Waals surface area contributed by atoms with Gasteiger partial charge in [-0.2, -0.15) is 0 Å². The SMILES string of the molecule is CCN(CCC(=O)O)CC1COc2ccccc2O1. The van der Waals surface area contributed by atoms with Crippen LogP contribution in [0.5, 0.6) is 11.5 Å². The first-order valence-electron chi connectivity index (χ1n) is 6.51. The normalized spacial score (nSPS) is 17.5. The quantitative estimate of drug-likeness (QED) is 0.847. The zero-order valence-electron chi connectivity index (χ0n) is 11.0. The molecule has 1 N–H and O–H groups in total. The van der Waals surface area contributed by atoms with E-state index in [9.17, 15) is 4.79 Å². The second-order valence-corrected chi connectivity index (χ2v) is 4.53. The smallest absolute Gasteiger partial charge is 0.304 e. The van der Waals surface area contributed by atoms with E-state index in [4.69, 9.17) is 14.6 Å². The highest BCUT2D eigenvalue weighted by Gasteiger charge is 2.22. The van der Waals surface area contributed by atoms with Crippen molar-refractivity contribution in [1.82, 2.24) is 4.90 Å². The van der Waals surface area contributed by atoms with Gasteiger partial charge in [0.2, 0.25) is 0 Å². The number of hydrogen-bond donors (Lipinski definition) is 1. The molecule has 0 aromatic heterocycles. The molecule has 19 heavy (non-hydrogen) atoms. The van der Waals surface area contributed by atoms with Crippen LogP contribution >= 0.6 is 0 Å². The first kappa shape index (κ1) is 13.7.